The van der Waals surface area contributed by atoms with E-state index in [1.54, 1.807) is 0 Å². The number of carbonyl (C=O) groups is 1. The molecule has 0 atom stereocenters. The van der Waals surface area contributed by atoms with Gasteiger partial charge in [-0.25, -0.2) is 0 Å². The van der Waals surface area contributed by atoms with Crippen LogP contribution in [0, 0.1) is 5.41 Å². The monoisotopic (exact) mass is 253 g/mol. The average Bonchev–Trinajstić information content (AvgIpc) is 2.16. The van der Waals surface area contributed by atoms with Gasteiger partial charge in [-0.15, -0.1) is 0 Å². The van der Waals surface area contributed by atoms with Gasteiger partial charge >= 0.3 is 0 Å². The van der Waals surface area contributed by atoms with Crippen LogP contribution >= 0.6 is 0 Å². The number of carboxylic acid groups (broad SMARTS) is 1. The van der Waals surface area contributed by atoms with Crippen molar-refractivity contribution in [2.75, 3.05) is 0 Å². The number of nitrogens with one attached hydrogen (secondary N) is 1. The Bertz CT molecular complexity index is 336. The maximum Gasteiger partial charge on any atom is 0.300 e. The molecule has 0 bridgehead atoms. The van der Waals surface area contributed by atoms with Crippen LogP contribution in [0.15, 0.2) is 30.3 Å². The Kier molecular flexibility index (Phi) is 9.20. The summed E-state index contributed by atoms with van der Waals surface area (Å²) in [6.45, 7) is 7.76. The molecule has 0 fully saturated rings. The van der Waals surface area contributed by atoms with Gasteiger partial charge in [0.05, 0.1) is 0 Å². The molecule has 0 aliphatic heterocycles. The molecule has 0 spiro atoms. The summed E-state index contributed by atoms with van der Waals surface area (Å²) in [7, 11) is 0. The van der Waals surface area contributed by atoms with Gasteiger partial charge < -0.3 is 16.6 Å². The summed E-state index contributed by atoms with van der Waals surface area (Å²) < 4.78 is 0. The first kappa shape index (κ1) is 18.3. The van der Waals surface area contributed by atoms with Gasteiger partial charge in [0.2, 0.25) is 0 Å². The van der Waals surface area contributed by atoms with E-state index in [-0.39, 0.29) is 5.96 Å². The Hall–Kier alpha value is -2.04. The molecule has 1 aromatic rings. The van der Waals surface area contributed by atoms with Crippen LogP contribution in [0.2, 0.25) is 0 Å². The molecule has 0 amide bonds. The number of hydrogen-bond donors (Lipinski definition) is 4. The fourth-order valence-electron chi connectivity index (χ4n) is 0.938. The average molecular weight is 253 g/mol. The van der Waals surface area contributed by atoms with Crippen LogP contribution in [0.25, 0.3) is 0 Å². The smallest absolute Gasteiger partial charge is 0.300 e. The molecule has 0 aliphatic carbocycles. The zero-order valence-corrected chi connectivity index (χ0v) is 11.4. The number of rotatable bonds is 0. The van der Waals surface area contributed by atoms with E-state index in [9.17, 15) is 0 Å². The van der Waals surface area contributed by atoms with Gasteiger partial charge in [-0.2, -0.15) is 0 Å². The number of benzene rings is 1. The zero-order valence-electron chi connectivity index (χ0n) is 11.4. The molecule has 5 heteroatoms. The van der Waals surface area contributed by atoms with Crippen LogP contribution in [-0.2, 0) is 10.2 Å². The summed E-state index contributed by atoms with van der Waals surface area (Å²) in [6, 6.07) is 10.6. The number of carboxylic acids is 1. The van der Waals surface area contributed by atoms with Crippen LogP contribution in [0.3, 0.4) is 0 Å². The Morgan fingerprint density at radius 1 is 1.17 bits per heavy atom. The first-order valence-electron chi connectivity index (χ1n) is 5.42. The lowest BCUT2D eigenvalue weighted by Gasteiger charge is -2.18. The fourth-order valence-corrected chi connectivity index (χ4v) is 0.938. The van der Waals surface area contributed by atoms with Crippen molar-refractivity contribution in [1.82, 2.24) is 0 Å². The summed E-state index contributed by atoms with van der Waals surface area (Å²) in [5, 5.41) is 13.5. The predicted octanol–water partition coefficient (Wildman–Crippen LogP) is 1.91. The summed E-state index contributed by atoms with van der Waals surface area (Å²) in [6.07, 6.45) is 0. The lowest BCUT2D eigenvalue weighted by molar-refractivity contribution is -0.134. The van der Waals surface area contributed by atoms with Crippen LogP contribution in [0.5, 0.6) is 0 Å². The molecular formula is C13H23N3O2. The quantitative estimate of drug-likeness (QED) is 0.418. The molecule has 0 radical (unpaired) electrons. The summed E-state index contributed by atoms with van der Waals surface area (Å²) in [4.78, 5) is 9.00. The van der Waals surface area contributed by atoms with Gasteiger partial charge in [-0.3, -0.25) is 10.2 Å². The Balaban J connectivity index is 0. The topological polar surface area (TPSA) is 113 Å². The molecule has 0 saturated carbocycles. The highest BCUT2D eigenvalue weighted by Gasteiger charge is 2.11. The van der Waals surface area contributed by atoms with Crippen LogP contribution in [0.4, 0.5) is 0 Å². The zero-order chi connectivity index (χ0) is 14.8. The van der Waals surface area contributed by atoms with Gasteiger partial charge in [-0.1, -0.05) is 51.1 Å². The van der Waals surface area contributed by atoms with E-state index in [1.165, 1.54) is 5.56 Å². The summed E-state index contributed by atoms with van der Waals surface area (Å²) in [5.74, 6) is -1.17. The minimum atomic E-state index is -0.833. The highest BCUT2D eigenvalue weighted by atomic mass is 16.4. The molecule has 18 heavy (non-hydrogen) atoms. The molecule has 0 saturated heterocycles. The van der Waals surface area contributed by atoms with E-state index in [0.29, 0.717) is 5.41 Å². The van der Waals surface area contributed by atoms with Crippen molar-refractivity contribution in [3.8, 4) is 0 Å². The van der Waals surface area contributed by atoms with Crippen molar-refractivity contribution in [3.05, 3.63) is 35.9 Å². The second kappa shape index (κ2) is 9.04. The second-order valence-electron chi connectivity index (χ2n) is 4.59. The van der Waals surface area contributed by atoms with Gasteiger partial charge in [0.15, 0.2) is 5.96 Å². The van der Waals surface area contributed by atoms with Gasteiger partial charge in [0.1, 0.15) is 0 Å². The van der Waals surface area contributed by atoms with Gasteiger partial charge in [0, 0.05) is 6.92 Å². The maximum atomic E-state index is 9.00. The molecule has 102 valence electrons. The molecule has 1 aromatic carbocycles. The Morgan fingerprint density at radius 2 is 1.44 bits per heavy atom. The molecule has 1 rings (SSSR count). The minimum absolute atomic E-state index is 0.293. The maximum absolute atomic E-state index is 9.00. The standard InChI is InChI=1S/C10H14.C2H4O2.CH5N3/c1-10(2,3)9-7-5-4-6-8-9;1-2(3)4;2-1(3)4/h4-8H,1-3H3;1H3,(H,3,4);(H5,2,3,4). The third kappa shape index (κ3) is 16.4. The largest absolute Gasteiger partial charge is 0.481 e. The molecule has 0 heterocycles. The fraction of sp³-hybridized carbons (Fsp3) is 0.385. The van der Waals surface area contributed by atoms with Crippen molar-refractivity contribution in [2.45, 2.75) is 33.1 Å². The Morgan fingerprint density at radius 3 is 1.61 bits per heavy atom. The van der Waals surface area contributed by atoms with Crippen molar-refractivity contribution < 1.29 is 9.90 Å². The number of aliphatic carboxylic acids is 1. The molecular weight excluding hydrogens is 230 g/mol. The highest BCUT2D eigenvalue weighted by Crippen LogP contribution is 2.20. The van der Waals surface area contributed by atoms with E-state index in [0.717, 1.165) is 6.92 Å². The van der Waals surface area contributed by atoms with Gasteiger partial charge in [0.25, 0.3) is 5.97 Å². The van der Waals surface area contributed by atoms with Crippen molar-refractivity contribution in [2.24, 2.45) is 11.5 Å². The molecule has 5 nitrogen and oxygen atoms in total. The molecule has 0 aliphatic rings. The number of hydrogen-bond acceptors (Lipinski definition) is 2. The third-order valence-corrected chi connectivity index (χ3v) is 1.64. The van der Waals surface area contributed by atoms with Crippen molar-refractivity contribution in [1.29, 1.82) is 5.41 Å². The lowest BCUT2D eigenvalue weighted by Crippen LogP contribution is -2.20. The number of guanidine groups is 1. The van der Waals surface area contributed by atoms with Crippen LogP contribution < -0.4 is 11.5 Å². The third-order valence-electron chi connectivity index (χ3n) is 1.64. The molecule has 6 N–H and O–H groups in total. The lowest BCUT2D eigenvalue weighted by atomic mass is 9.87. The van der Waals surface area contributed by atoms with Gasteiger partial charge in [-0.05, 0) is 11.0 Å². The first-order chi connectivity index (χ1) is 8.07. The first-order valence-corrected chi connectivity index (χ1v) is 5.42. The number of nitrogens with two attached hydrogens (primary N) is 2. The van der Waals surface area contributed by atoms with Crippen molar-refractivity contribution in [3.63, 3.8) is 0 Å². The minimum Gasteiger partial charge on any atom is -0.481 e. The summed E-state index contributed by atoms with van der Waals surface area (Å²) >= 11 is 0. The van der Waals surface area contributed by atoms with E-state index in [1.807, 2.05) is 0 Å². The Labute approximate surface area is 108 Å². The van der Waals surface area contributed by atoms with Crippen LogP contribution in [0.1, 0.15) is 33.3 Å². The summed E-state index contributed by atoms with van der Waals surface area (Å²) in [5.41, 5.74) is 10.6. The second-order valence-corrected chi connectivity index (χ2v) is 4.59. The SMILES string of the molecule is CC(=O)O.CC(C)(C)c1ccccc1.N=C(N)N. The predicted molar refractivity (Wildman–Crippen MR) is 74.6 cm³/mol. The molecule has 0 unspecified atom stereocenters. The van der Waals surface area contributed by atoms with Crippen LogP contribution in [-0.4, -0.2) is 17.0 Å². The highest BCUT2D eigenvalue weighted by molar-refractivity contribution is 5.71. The van der Waals surface area contributed by atoms with E-state index in [4.69, 9.17) is 15.3 Å². The van der Waals surface area contributed by atoms with Crippen molar-refractivity contribution >= 4 is 11.9 Å². The molecule has 0 aromatic heterocycles. The van der Waals surface area contributed by atoms with E-state index >= 15 is 0 Å². The van der Waals surface area contributed by atoms with E-state index in [2.05, 4.69) is 62.6 Å². The normalized spacial score (nSPS) is 9.11. The van der Waals surface area contributed by atoms with E-state index < -0.39 is 5.97 Å².